The minimum Gasteiger partial charge on any atom is -0.481 e. The van der Waals surface area contributed by atoms with Gasteiger partial charge in [-0.2, -0.15) is 0 Å². The number of hydrogen-bond donors (Lipinski definition) is 1. The number of hydrogen-bond acceptors (Lipinski definition) is 4. The molecule has 0 bridgehead atoms. The smallest absolute Gasteiger partial charge is 0.307 e. The molecule has 0 aliphatic heterocycles. The summed E-state index contributed by atoms with van der Waals surface area (Å²) in [4.78, 5) is 27.8. The number of carboxylic acid groups (broad SMARTS) is 1. The maximum atomic E-state index is 11.9. The van der Waals surface area contributed by atoms with Crippen LogP contribution in [-0.2, 0) is 20.7 Å². The van der Waals surface area contributed by atoms with E-state index in [9.17, 15) is 14.7 Å². The molecule has 0 fully saturated rings. The number of rotatable bonds is 4. The molecule has 1 aromatic rings. The topological polar surface area (TPSA) is 76.5 Å². The van der Waals surface area contributed by atoms with Crippen molar-refractivity contribution in [1.82, 2.24) is 4.98 Å². The SMILES string of the molecule is CC(C)(C)OC(=O)CC(C(=O)O)C1CCc2ncccc21. The number of aromatic nitrogens is 1. The van der Waals surface area contributed by atoms with Gasteiger partial charge in [0.15, 0.2) is 0 Å². The monoisotopic (exact) mass is 291 g/mol. The lowest BCUT2D eigenvalue weighted by Gasteiger charge is -2.23. The van der Waals surface area contributed by atoms with E-state index >= 15 is 0 Å². The van der Waals surface area contributed by atoms with E-state index in [1.54, 1.807) is 27.0 Å². The summed E-state index contributed by atoms with van der Waals surface area (Å²) < 4.78 is 5.25. The van der Waals surface area contributed by atoms with Crippen LogP contribution in [0.5, 0.6) is 0 Å². The second kappa shape index (κ2) is 5.84. The first-order valence-corrected chi connectivity index (χ1v) is 7.16. The first kappa shape index (κ1) is 15.5. The van der Waals surface area contributed by atoms with Gasteiger partial charge in [-0.25, -0.2) is 0 Å². The number of pyridine rings is 1. The summed E-state index contributed by atoms with van der Waals surface area (Å²) in [5.74, 6) is -2.35. The van der Waals surface area contributed by atoms with Crippen LogP contribution < -0.4 is 0 Å². The average Bonchev–Trinajstić information content (AvgIpc) is 2.77. The number of esters is 1. The summed E-state index contributed by atoms with van der Waals surface area (Å²) in [5, 5.41) is 9.48. The van der Waals surface area contributed by atoms with Gasteiger partial charge in [0.1, 0.15) is 5.60 Å². The van der Waals surface area contributed by atoms with Crippen molar-refractivity contribution in [1.29, 1.82) is 0 Å². The molecule has 0 aromatic carbocycles. The molecule has 0 saturated heterocycles. The Morgan fingerprint density at radius 3 is 2.81 bits per heavy atom. The number of aliphatic carboxylic acids is 1. The molecular weight excluding hydrogens is 270 g/mol. The predicted molar refractivity (Wildman–Crippen MR) is 76.9 cm³/mol. The van der Waals surface area contributed by atoms with Crippen LogP contribution >= 0.6 is 0 Å². The molecule has 2 atom stereocenters. The van der Waals surface area contributed by atoms with Crippen molar-refractivity contribution < 1.29 is 19.4 Å². The van der Waals surface area contributed by atoms with E-state index in [1.807, 2.05) is 12.1 Å². The van der Waals surface area contributed by atoms with E-state index in [0.717, 1.165) is 17.7 Å². The van der Waals surface area contributed by atoms with Crippen LogP contribution in [0.1, 0.15) is 50.8 Å². The van der Waals surface area contributed by atoms with Crippen LogP contribution in [0.25, 0.3) is 0 Å². The zero-order valence-corrected chi connectivity index (χ0v) is 12.6. The molecule has 1 aliphatic carbocycles. The van der Waals surface area contributed by atoms with Crippen molar-refractivity contribution in [3.63, 3.8) is 0 Å². The molecule has 2 unspecified atom stereocenters. The maximum absolute atomic E-state index is 11.9. The molecule has 1 heterocycles. The van der Waals surface area contributed by atoms with Gasteiger partial charge in [-0.3, -0.25) is 14.6 Å². The number of ether oxygens (including phenoxy) is 1. The third-order valence-electron chi connectivity index (χ3n) is 3.63. The third kappa shape index (κ3) is 3.80. The Bertz CT molecular complexity index is 547. The number of aryl methyl sites for hydroxylation is 1. The molecular formula is C16H21NO4. The number of nitrogens with zero attached hydrogens (tertiary/aromatic N) is 1. The lowest BCUT2D eigenvalue weighted by atomic mass is 9.85. The molecule has 1 aliphatic rings. The summed E-state index contributed by atoms with van der Waals surface area (Å²) in [7, 11) is 0. The van der Waals surface area contributed by atoms with Crippen LogP contribution in [-0.4, -0.2) is 27.6 Å². The summed E-state index contributed by atoms with van der Waals surface area (Å²) in [6.45, 7) is 5.32. The van der Waals surface area contributed by atoms with Gasteiger partial charge < -0.3 is 9.84 Å². The number of carbonyl (C=O) groups excluding carboxylic acids is 1. The molecule has 5 heteroatoms. The van der Waals surface area contributed by atoms with Crippen molar-refractivity contribution in [2.45, 2.75) is 51.6 Å². The van der Waals surface area contributed by atoms with E-state index in [-0.39, 0.29) is 12.3 Å². The summed E-state index contributed by atoms with van der Waals surface area (Å²) in [6, 6.07) is 3.72. The normalized spacial score (nSPS) is 18.9. The average molecular weight is 291 g/mol. The van der Waals surface area contributed by atoms with Crippen molar-refractivity contribution >= 4 is 11.9 Å². The Kier molecular flexibility index (Phi) is 4.30. The van der Waals surface area contributed by atoms with Gasteiger partial charge in [0.25, 0.3) is 0 Å². The van der Waals surface area contributed by atoms with Gasteiger partial charge >= 0.3 is 11.9 Å². The molecule has 21 heavy (non-hydrogen) atoms. The first-order valence-electron chi connectivity index (χ1n) is 7.16. The fourth-order valence-corrected chi connectivity index (χ4v) is 2.83. The summed E-state index contributed by atoms with van der Waals surface area (Å²) >= 11 is 0. The minimum atomic E-state index is -0.956. The van der Waals surface area contributed by atoms with E-state index in [1.165, 1.54) is 0 Å². The summed E-state index contributed by atoms with van der Waals surface area (Å²) in [6.07, 6.45) is 3.08. The van der Waals surface area contributed by atoms with Crippen LogP contribution in [0.15, 0.2) is 18.3 Å². The Balaban J connectivity index is 2.14. The van der Waals surface area contributed by atoms with E-state index in [0.29, 0.717) is 6.42 Å². The second-order valence-corrected chi connectivity index (χ2v) is 6.42. The summed E-state index contributed by atoms with van der Waals surface area (Å²) in [5.41, 5.74) is 1.29. The maximum Gasteiger partial charge on any atom is 0.307 e. The van der Waals surface area contributed by atoms with Gasteiger partial charge in [-0.1, -0.05) is 6.07 Å². The molecule has 1 N–H and O–H groups in total. The highest BCUT2D eigenvalue weighted by molar-refractivity contribution is 5.80. The quantitative estimate of drug-likeness (QED) is 0.863. The van der Waals surface area contributed by atoms with Gasteiger partial charge in [-0.05, 0) is 51.2 Å². The number of carboxylic acids is 1. The standard InChI is InChI=1S/C16H21NO4/c1-16(2,3)21-14(18)9-12(15(19)20)10-6-7-13-11(10)5-4-8-17-13/h4-5,8,10,12H,6-7,9H2,1-3H3,(H,19,20). The molecule has 1 aromatic heterocycles. The van der Waals surface area contributed by atoms with E-state index in [4.69, 9.17) is 4.74 Å². The van der Waals surface area contributed by atoms with Crippen molar-refractivity contribution in [3.05, 3.63) is 29.6 Å². The van der Waals surface area contributed by atoms with Crippen LogP contribution in [0, 0.1) is 5.92 Å². The molecule has 5 nitrogen and oxygen atoms in total. The fraction of sp³-hybridized carbons (Fsp3) is 0.562. The van der Waals surface area contributed by atoms with Crippen molar-refractivity contribution in [2.24, 2.45) is 5.92 Å². The first-order chi connectivity index (χ1) is 9.78. The minimum absolute atomic E-state index is 0.106. The molecule has 0 spiro atoms. The van der Waals surface area contributed by atoms with Crippen LogP contribution in [0.3, 0.4) is 0 Å². The van der Waals surface area contributed by atoms with Gasteiger partial charge in [0, 0.05) is 11.9 Å². The van der Waals surface area contributed by atoms with E-state index in [2.05, 4.69) is 4.98 Å². The van der Waals surface area contributed by atoms with Gasteiger partial charge in [0.05, 0.1) is 12.3 Å². The number of carbonyl (C=O) groups is 2. The van der Waals surface area contributed by atoms with Gasteiger partial charge in [-0.15, -0.1) is 0 Å². The van der Waals surface area contributed by atoms with Gasteiger partial charge in [0.2, 0.25) is 0 Å². The third-order valence-corrected chi connectivity index (χ3v) is 3.63. The van der Waals surface area contributed by atoms with Crippen molar-refractivity contribution in [2.75, 3.05) is 0 Å². The van der Waals surface area contributed by atoms with Crippen LogP contribution in [0.2, 0.25) is 0 Å². The molecule has 0 saturated carbocycles. The number of fused-ring (bicyclic) bond motifs is 1. The van der Waals surface area contributed by atoms with Crippen LogP contribution in [0.4, 0.5) is 0 Å². The molecule has 0 radical (unpaired) electrons. The molecule has 2 rings (SSSR count). The zero-order valence-electron chi connectivity index (χ0n) is 12.6. The fourth-order valence-electron chi connectivity index (χ4n) is 2.83. The highest BCUT2D eigenvalue weighted by Crippen LogP contribution is 2.39. The predicted octanol–water partition coefficient (Wildman–Crippen LogP) is 2.54. The lowest BCUT2D eigenvalue weighted by molar-refractivity contribution is -0.160. The largest absolute Gasteiger partial charge is 0.481 e. The highest BCUT2D eigenvalue weighted by Gasteiger charge is 2.37. The Morgan fingerprint density at radius 1 is 1.48 bits per heavy atom. The Labute approximate surface area is 124 Å². The zero-order chi connectivity index (χ0) is 15.6. The van der Waals surface area contributed by atoms with E-state index < -0.39 is 23.5 Å². The molecule has 114 valence electrons. The highest BCUT2D eigenvalue weighted by atomic mass is 16.6. The second-order valence-electron chi connectivity index (χ2n) is 6.42. The molecule has 0 amide bonds. The van der Waals surface area contributed by atoms with Crippen molar-refractivity contribution in [3.8, 4) is 0 Å². The Morgan fingerprint density at radius 2 is 2.19 bits per heavy atom. The Hall–Kier alpha value is -1.91. The lowest BCUT2D eigenvalue weighted by Crippen LogP contribution is -2.29.